The molecule has 0 radical (unpaired) electrons. The van der Waals surface area contributed by atoms with Crippen molar-refractivity contribution in [2.24, 2.45) is 0 Å². The number of H-pyrrole nitrogens is 1. The molecule has 3 nitrogen and oxygen atoms in total. The summed E-state index contributed by atoms with van der Waals surface area (Å²) >= 11 is 1.83. The van der Waals surface area contributed by atoms with E-state index in [0.717, 1.165) is 42.8 Å². The van der Waals surface area contributed by atoms with E-state index in [-0.39, 0.29) is 0 Å². The van der Waals surface area contributed by atoms with Crippen molar-refractivity contribution in [1.82, 2.24) is 15.3 Å². The Kier molecular flexibility index (Phi) is 4.14. The number of aryl methyl sites for hydroxylation is 2. The summed E-state index contributed by atoms with van der Waals surface area (Å²) in [7, 11) is 0. The van der Waals surface area contributed by atoms with Crippen molar-refractivity contribution in [2.75, 3.05) is 6.54 Å². The lowest BCUT2D eigenvalue weighted by molar-refractivity contribution is 0.645. The maximum atomic E-state index is 4.59. The van der Waals surface area contributed by atoms with Crippen LogP contribution in [-0.4, -0.2) is 16.5 Å². The molecule has 0 atom stereocenters. The van der Waals surface area contributed by atoms with E-state index < -0.39 is 0 Å². The molecule has 4 heteroatoms. The molecule has 2 aromatic heterocycles. The first-order valence-corrected chi connectivity index (χ1v) is 7.88. The van der Waals surface area contributed by atoms with Gasteiger partial charge in [0.25, 0.3) is 0 Å². The van der Waals surface area contributed by atoms with Crippen LogP contribution in [0.4, 0.5) is 0 Å². The molecule has 0 spiro atoms. The molecule has 0 saturated heterocycles. The Morgan fingerprint density at radius 1 is 1.25 bits per heavy atom. The highest BCUT2D eigenvalue weighted by Gasteiger charge is 2.02. The molecule has 0 saturated carbocycles. The van der Waals surface area contributed by atoms with Crippen molar-refractivity contribution < 1.29 is 0 Å². The third-order valence-corrected chi connectivity index (χ3v) is 4.48. The van der Waals surface area contributed by atoms with Gasteiger partial charge >= 0.3 is 0 Å². The first-order chi connectivity index (χ1) is 9.83. The van der Waals surface area contributed by atoms with Crippen LogP contribution in [0, 0.1) is 6.92 Å². The van der Waals surface area contributed by atoms with E-state index in [2.05, 4.69) is 39.7 Å². The van der Waals surface area contributed by atoms with E-state index in [0.29, 0.717) is 0 Å². The SMILES string of the molecule is Cc1ccsc1CNCCCc1nc2ccccc2[nH]1. The number of fused-ring (bicyclic) bond motifs is 1. The summed E-state index contributed by atoms with van der Waals surface area (Å²) < 4.78 is 0. The van der Waals surface area contributed by atoms with E-state index in [1.165, 1.54) is 10.4 Å². The lowest BCUT2D eigenvalue weighted by atomic mass is 10.2. The molecule has 0 fully saturated rings. The topological polar surface area (TPSA) is 40.7 Å². The fourth-order valence-electron chi connectivity index (χ4n) is 2.29. The summed E-state index contributed by atoms with van der Waals surface area (Å²) in [5.41, 5.74) is 3.58. The average Bonchev–Trinajstić information content (AvgIpc) is 3.04. The zero-order valence-electron chi connectivity index (χ0n) is 11.6. The fourth-order valence-corrected chi connectivity index (χ4v) is 3.17. The Bertz CT molecular complexity index is 651. The number of para-hydroxylation sites is 2. The lowest BCUT2D eigenvalue weighted by Gasteiger charge is -2.03. The van der Waals surface area contributed by atoms with Crippen LogP contribution in [0.5, 0.6) is 0 Å². The standard InChI is InChI=1S/C16H19N3S/c1-12-8-10-20-15(12)11-17-9-4-7-16-18-13-5-2-3-6-14(13)19-16/h2-3,5-6,8,10,17H,4,7,9,11H2,1H3,(H,18,19). The van der Waals surface area contributed by atoms with Gasteiger partial charge in [-0.15, -0.1) is 11.3 Å². The zero-order valence-corrected chi connectivity index (χ0v) is 12.5. The summed E-state index contributed by atoms with van der Waals surface area (Å²) in [4.78, 5) is 9.40. The van der Waals surface area contributed by atoms with Crippen LogP contribution in [0.15, 0.2) is 35.7 Å². The zero-order chi connectivity index (χ0) is 13.8. The van der Waals surface area contributed by atoms with Crippen LogP contribution in [0.25, 0.3) is 11.0 Å². The number of imidazole rings is 1. The second kappa shape index (κ2) is 6.20. The lowest BCUT2D eigenvalue weighted by Crippen LogP contribution is -2.15. The molecule has 0 aliphatic carbocycles. The van der Waals surface area contributed by atoms with Crippen LogP contribution in [0.3, 0.4) is 0 Å². The Hall–Kier alpha value is -1.65. The summed E-state index contributed by atoms with van der Waals surface area (Å²) in [6, 6.07) is 10.4. The molecule has 0 amide bonds. The van der Waals surface area contributed by atoms with Crippen LogP contribution in [0.2, 0.25) is 0 Å². The number of aromatic amines is 1. The largest absolute Gasteiger partial charge is 0.342 e. The second-order valence-corrected chi connectivity index (χ2v) is 6.01. The van der Waals surface area contributed by atoms with Gasteiger partial charge in [-0.25, -0.2) is 4.98 Å². The van der Waals surface area contributed by atoms with E-state index in [4.69, 9.17) is 0 Å². The monoisotopic (exact) mass is 285 g/mol. The number of nitrogens with one attached hydrogen (secondary N) is 2. The highest BCUT2D eigenvalue weighted by Crippen LogP contribution is 2.15. The maximum Gasteiger partial charge on any atom is 0.107 e. The van der Waals surface area contributed by atoms with Gasteiger partial charge in [-0.1, -0.05) is 12.1 Å². The van der Waals surface area contributed by atoms with Crippen LogP contribution in [-0.2, 0) is 13.0 Å². The first-order valence-electron chi connectivity index (χ1n) is 7.00. The van der Waals surface area contributed by atoms with Crippen molar-refractivity contribution in [3.05, 3.63) is 52.0 Å². The quantitative estimate of drug-likeness (QED) is 0.679. The molecular weight excluding hydrogens is 266 g/mol. The normalized spacial score (nSPS) is 11.2. The molecule has 20 heavy (non-hydrogen) atoms. The molecule has 2 N–H and O–H groups in total. The minimum atomic E-state index is 0.976. The fraction of sp³-hybridized carbons (Fsp3) is 0.312. The second-order valence-electron chi connectivity index (χ2n) is 5.01. The third kappa shape index (κ3) is 3.08. The molecule has 0 bridgehead atoms. The van der Waals surface area contributed by atoms with Crippen molar-refractivity contribution in [3.63, 3.8) is 0 Å². The molecule has 104 valence electrons. The summed E-state index contributed by atoms with van der Waals surface area (Å²) in [6.45, 7) is 4.17. The third-order valence-electron chi connectivity index (χ3n) is 3.46. The number of rotatable bonds is 6. The Labute approximate surface area is 123 Å². The van der Waals surface area contributed by atoms with Gasteiger partial charge in [-0.3, -0.25) is 0 Å². The molecule has 2 heterocycles. The number of hydrogen-bond acceptors (Lipinski definition) is 3. The predicted molar refractivity (Wildman–Crippen MR) is 85.2 cm³/mol. The molecule has 1 aromatic carbocycles. The van der Waals surface area contributed by atoms with Gasteiger partial charge in [0, 0.05) is 17.8 Å². The maximum absolute atomic E-state index is 4.59. The van der Waals surface area contributed by atoms with Gasteiger partial charge in [0.1, 0.15) is 5.82 Å². The highest BCUT2D eigenvalue weighted by atomic mass is 32.1. The molecule has 0 aliphatic heterocycles. The van der Waals surface area contributed by atoms with E-state index in [1.807, 2.05) is 29.5 Å². The highest BCUT2D eigenvalue weighted by molar-refractivity contribution is 7.10. The van der Waals surface area contributed by atoms with Crippen LogP contribution in [0.1, 0.15) is 22.7 Å². The predicted octanol–water partition coefficient (Wildman–Crippen LogP) is 3.66. The Balaban J connectivity index is 1.44. The smallest absolute Gasteiger partial charge is 0.107 e. The molecule has 3 rings (SSSR count). The number of benzene rings is 1. The van der Waals surface area contributed by atoms with Gasteiger partial charge in [0.2, 0.25) is 0 Å². The number of aromatic nitrogens is 2. The Morgan fingerprint density at radius 3 is 2.95 bits per heavy atom. The van der Waals surface area contributed by atoms with Gasteiger partial charge < -0.3 is 10.3 Å². The minimum Gasteiger partial charge on any atom is -0.342 e. The number of thiophene rings is 1. The summed E-state index contributed by atoms with van der Waals surface area (Å²) in [5.74, 6) is 1.08. The van der Waals surface area contributed by atoms with Crippen LogP contribution >= 0.6 is 11.3 Å². The van der Waals surface area contributed by atoms with Gasteiger partial charge in [-0.2, -0.15) is 0 Å². The minimum absolute atomic E-state index is 0.976. The molecular formula is C16H19N3S. The van der Waals surface area contributed by atoms with E-state index in [1.54, 1.807) is 0 Å². The molecule has 0 unspecified atom stereocenters. The van der Waals surface area contributed by atoms with Crippen molar-refractivity contribution >= 4 is 22.4 Å². The van der Waals surface area contributed by atoms with Crippen molar-refractivity contribution in [1.29, 1.82) is 0 Å². The molecule has 3 aromatic rings. The van der Waals surface area contributed by atoms with Crippen molar-refractivity contribution in [2.45, 2.75) is 26.3 Å². The van der Waals surface area contributed by atoms with Crippen LogP contribution < -0.4 is 5.32 Å². The summed E-state index contributed by atoms with van der Waals surface area (Å²) in [5, 5.41) is 5.65. The average molecular weight is 285 g/mol. The van der Waals surface area contributed by atoms with E-state index in [9.17, 15) is 0 Å². The van der Waals surface area contributed by atoms with Gasteiger partial charge in [0.15, 0.2) is 0 Å². The summed E-state index contributed by atoms with van der Waals surface area (Å²) in [6.07, 6.45) is 2.09. The van der Waals surface area contributed by atoms with E-state index >= 15 is 0 Å². The first kappa shape index (κ1) is 13.3. The molecule has 0 aliphatic rings. The number of nitrogens with zero attached hydrogens (tertiary/aromatic N) is 1. The number of hydrogen-bond donors (Lipinski definition) is 2. The van der Waals surface area contributed by atoms with Crippen molar-refractivity contribution in [3.8, 4) is 0 Å². The van der Waals surface area contributed by atoms with Gasteiger partial charge in [-0.05, 0) is 49.0 Å². The Morgan fingerprint density at radius 2 is 2.15 bits per heavy atom. The van der Waals surface area contributed by atoms with Gasteiger partial charge in [0.05, 0.1) is 11.0 Å².